The number of halogens is 1. The number of nitro benzene ring substituents is 1. The first-order valence-electron chi connectivity index (χ1n) is 5.18. The summed E-state index contributed by atoms with van der Waals surface area (Å²) in [7, 11) is 0. The SMILES string of the molecule is O=C(O)CSc1n[nH]c(-c2cc(F)ccc2[N+](=O)[O-])n1. The van der Waals surface area contributed by atoms with Gasteiger partial charge in [-0.25, -0.2) is 9.37 Å². The Morgan fingerprint density at radius 2 is 2.30 bits per heavy atom. The number of nitrogens with zero attached hydrogens (tertiary/aromatic N) is 3. The second-order valence-electron chi connectivity index (χ2n) is 3.57. The van der Waals surface area contributed by atoms with Gasteiger partial charge in [-0.3, -0.25) is 20.0 Å². The van der Waals surface area contributed by atoms with Crippen LogP contribution >= 0.6 is 11.8 Å². The van der Waals surface area contributed by atoms with Gasteiger partial charge in [-0.1, -0.05) is 11.8 Å². The second kappa shape index (κ2) is 5.65. The van der Waals surface area contributed by atoms with Gasteiger partial charge < -0.3 is 5.11 Å². The highest BCUT2D eigenvalue weighted by atomic mass is 32.2. The van der Waals surface area contributed by atoms with E-state index < -0.39 is 16.7 Å². The van der Waals surface area contributed by atoms with E-state index in [1.54, 1.807) is 0 Å². The molecule has 10 heteroatoms. The Bertz CT molecular complexity index is 675. The molecule has 1 aromatic heterocycles. The zero-order valence-electron chi connectivity index (χ0n) is 9.74. The number of benzene rings is 1. The Kier molecular flexibility index (Phi) is 3.94. The average Bonchev–Trinajstić information content (AvgIpc) is 2.84. The topological polar surface area (TPSA) is 122 Å². The highest BCUT2D eigenvalue weighted by Gasteiger charge is 2.19. The normalized spacial score (nSPS) is 10.4. The van der Waals surface area contributed by atoms with Crippen LogP contribution in [0, 0.1) is 15.9 Å². The summed E-state index contributed by atoms with van der Waals surface area (Å²) in [6, 6.07) is 2.96. The Balaban J connectivity index is 2.34. The third kappa shape index (κ3) is 3.09. The van der Waals surface area contributed by atoms with Crippen molar-refractivity contribution < 1.29 is 19.2 Å². The number of aromatic nitrogens is 3. The molecule has 104 valence electrons. The van der Waals surface area contributed by atoms with Crippen molar-refractivity contribution in [2.24, 2.45) is 0 Å². The van der Waals surface area contributed by atoms with Crippen molar-refractivity contribution in [3.05, 3.63) is 34.1 Å². The first-order chi connectivity index (χ1) is 9.47. The molecule has 0 bridgehead atoms. The number of aromatic amines is 1. The first-order valence-corrected chi connectivity index (χ1v) is 6.17. The lowest BCUT2D eigenvalue weighted by atomic mass is 10.1. The molecule has 20 heavy (non-hydrogen) atoms. The Morgan fingerprint density at radius 3 is 2.95 bits per heavy atom. The number of H-pyrrole nitrogens is 1. The van der Waals surface area contributed by atoms with Crippen LogP contribution in [-0.2, 0) is 4.79 Å². The van der Waals surface area contributed by atoms with Gasteiger partial charge in [0.15, 0.2) is 5.82 Å². The molecule has 0 unspecified atom stereocenters. The van der Waals surface area contributed by atoms with Crippen LogP contribution in [0.5, 0.6) is 0 Å². The largest absolute Gasteiger partial charge is 0.481 e. The number of carboxylic acids is 1. The zero-order chi connectivity index (χ0) is 14.7. The molecule has 0 saturated heterocycles. The molecule has 1 heterocycles. The number of hydrogen-bond acceptors (Lipinski definition) is 6. The Morgan fingerprint density at radius 1 is 1.55 bits per heavy atom. The van der Waals surface area contributed by atoms with Crippen LogP contribution in [0.25, 0.3) is 11.4 Å². The third-order valence-electron chi connectivity index (χ3n) is 2.20. The summed E-state index contributed by atoms with van der Waals surface area (Å²) in [5, 5.41) is 25.6. The molecule has 0 aliphatic rings. The number of aliphatic carboxylic acids is 1. The fraction of sp³-hybridized carbons (Fsp3) is 0.100. The van der Waals surface area contributed by atoms with E-state index in [0.29, 0.717) is 0 Å². The van der Waals surface area contributed by atoms with Crippen LogP contribution in [-0.4, -0.2) is 36.9 Å². The molecule has 0 amide bonds. The van der Waals surface area contributed by atoms with Crippen molar-refractivity contribution in [3.63, 3.8) is 0 Å². The number of thioether (sulfide) groups is 1. The fourth-order valence-corrected chi connectivity index (χ4v) is 1.93. The molecule has 2 rings (SSSR count). The number of rotatable bonds is 5. The maximum atomic E-state index is 13.2. The van der Waals surface area contributed by atoms with Crippen LogP contribution in [0.4, 0.5) is 10.1 Å². The van der Waals surface area contributed by atoms with Crippen molar-refractivity contribution in [1.29, 1.82) is 0 Å². The van der Waals surface area contributed by atoms with Gasteiger partial charge in [-0.05, 0) is 12.1 Å². The molecule has 0 saturated carbocycles. The summed E-state index contributed by atoms with van der Waals surface area (Å²) >= 11 is 0.846. The van der Waals surface area contributed by atoms with E-state index in [-0.39, 0.29) is 28.0 Å². The van der Waals surface area contributed by atoms with Gasteiger partial charge in [0.1, 0.15) is 5.82 Å². The van der Waals surface area contributed by atoms with E-state index in [2.05, 4.69) is 15.2 Å². The molecule has 0 aliphatic carbocycles. The minimum atomic E-state index is -1.04. The van der Waals surface area contributed by atoms with Crippen molar-refractivity contribution in [3.8, 4) is 11.4 Å². The molecule has 0 atom stereocenters. The third-order valence-corrected chi connectivity index (χ3v) is 3.03. The van der Waals surface area contributed by atoms with E-state index in [9.17, 15) is 19.3 Å². The lowest BCUT2D eigenvalue weighted by Crippen LogP contribution is -1.97. The summed E-state index contributed by atoms with van der Waals surface area (Å²) in [6.45, 7) is 0. The number of nitro groups is 1. The summed E-state index contributed by atoms with van der Waals surface area (Å²) in [5.74, 6) is -1.94. The molecule has 0 spiro atoms. The lowest BCUT2D eigenvalue weighted by molar-refractivity contribution is -0.384. The van der Waals surface area contributed by atoms with Crippen LogP contribution in [0.1, 0.15) is 0 Å². The molecule has 0 radical (unpaired) electrons. The van der Waals surface area contributed by atoms with Crippen LogP contribution < -0.4 is 0 Å². The summed E-state index contributed by atoms with van der Waals surface area (Å²) in [4.78, 5) is 24.5. The number of hydrogen-bond donors (Lipinski definition) is 2. The maximum absolute atomic E-state index is 13.2. The minimum Gasteiger partial charge on any atom is -0.481 e. The maximum Gasteiger partial charge on any atom is 0.313 e. The molecule has 1 aromatic carbocycles. The minimum absolute atomic E-state index is 0.00379. The summed E-state index contributed by atoms with van der Waals surface area (Å²) in [6.07, 6.45) is 0. The van der Waals surface area contributed by atoms with Crippen molar-refractivity contribution >= 4 is 23.4 Å². The Labute approximate surface area is 115 Å². The highest BCUT2D eigenvalue weighted by Crippen LogP contribution is 2.29. The summed E-state index contributed by atoms with van der Waals surface area (Å²) in [5.41, 5.74) is -0.373. The van der Waals surface area contributed by atoms with E-state index in [1.807, 2.05) is 0 Å². The molecule has 2 N–H and O–H groups in total. The second-order valence-corrected chi connectivity index (χ2v) is 4.51. The van der Waals surface area contributed by atoms with Gasteiger partial charge in [0.2, 0.25) is 5.16 Å². The van der Waals surface area contributed by atoms with Gasteiger partial charge in [0.05, 0.1) is 16.2 Å². The van der Waals surface area contributed by atoms with E-state index in [4.69, 9.17) is 5.11 Å². The molecular formula is C10H7FN4O4S. The van der Waals surface area contributed by atoms with Crippen molar-refractivity contribution in [2.45, 2.75) is 5.16 Å². The zero-order valence-corrected chi connectivity index (χ0v) is 10.6. The molecule has 8 nitrogen and oxygen atoms in total. The predicted molar refractivity (Wildman–Crippen MR) is 66.8 cm³/mol. The smallest absolute Gasteiger partial charge is 0.313 e. The molecule has 0 aliphatic heterocycles. The standard InChI is InChI=1S/C10H7FN4O4S/c11-5-1-2-7(15(18)19)6(3-5)9-12-10(14-13-9)20-4-8(16)17/h1-3H,4H2,(H,16,17)(H,12,13,14). The van der Waals surface area contributed by atoms with E-state index in [0.717, 1.165) is 30.0 Å². The quantitative estimate of drug-likeness (QED) is 0.489. The molecule has 2 aromatic rings. The Hall–Kier alpha value is -2.49. The predicted octanol–water partition coefficient (Wildman–Crippen LogP) is 1.70. The van der Waals surface area contributed by atoms with Crippen LogP contribution in [0.3, 0.4) is 0 Å². The highest BCUT2D eigenvalue weighted by molar-refractivity contribution is 7.99. The average molecular weight is 298 g/mol. The van der Waals surface area contributed by atoms with Crippen molar-refractivity contribution in [2.75, 3.05) is 5.75 Å². The van der Waals surface area contributed by atoms with Crippen LogP contribution in [0.15, 0.2) is 23.4 Å². The van der Waals surface area contributed by atoms with E-state index in [1.165, 1.54) is 0 Å². The first kappa shape index (κ1) is 13.9. The van der Waals surface area contributed by atoms with Crippen LogP contribution in [0.2, 0.25) is 0 Å². The summed E-state index contributed by atoms with van der Waals surface area (Å²) < 4.78 is 13.2. The lowest BCUT2D eigenvalue weighted by Gasteiger charge is -1.98. The van der Waals surface area contributed by atoms with Gasteiger partial charge in [0.25, 0.3) is 5.69 Å². The van der Waals surface area contributed by atoms with Gasteiger partial charge in [-0.2, -0.15) is 0 Å². The van der Waals surface area contributed by atoms with Gasteiger partial charge in [0, 0.05) is 6.07 Å². The fourth-order valence-electron chi connectivity index (χ4n) is 1.41. The number of carboxylic acid groups (broad SMARTS) is 1. The van der Waals surface area contributed by atoms with E-state index >= 15 is 0 Å². The number of carbonyl (C=O) groups is 1. The number of nitrogens with one attached hydrogen (secondary N) is 1. The molecule has 0 fully saturated rings. The van der Waals surface area contributed by atoms with Gasteiger partial charge in [-0.15, -0.1) is 5.10 Å². The molecular weight excluding hydrogens is 291 g/mol. The van der Waals surface area contributed by atoms with Gasteiger partial charge >= 0.3 is 5.97 Å². The monoisotopic (exact) mass is 298 g/mol. The van der Waals surface area contributed by atoms with Crippen molar-refractivity contribution in [1.82, 2.24) is 15.2 Å².